The number of ether oxygens (including phenoxy) is 2. The number of benzene rings is 3. The molecule has 9 heteroatoms. The number of carbonyl (C=O) groups excluding carboxylic acids is 3. The Morgan fingerprint density at radius 2 is 1.71 bits per heavy atom. The van der Waals surface area contributed by atoms with Crippen LogP contribution in [0.4, 0.5) is 9.18 Å². The summed E-state index contributed by atoms with van der Waals surface area (Å²) in [6, 6.07) is 16.6. The topological polar surface area (TPSA) is 97.0 Å². The smallest absolute Gasteiger partial charge is 0.321 e. The molecule has 0 saturated heterocycles. The Labute approximate surface area is 195 Å². The van der Waals surface area contributed by atoms with E-state index < -0.39 is 12.1 Å². The summed E-state index contributed by atoms with van der Waals surface area (Å²) in [5.41, 5.74) is 2.12. The molecule has 0 aromatic heterocycles. The van der Waals surface area contributed by atoms with Crippen LogP contribution in [0, 0.1) is 5.82 Å². The molecule has 34 heavy (non-hydrogen) atoms. The Bertz CT molecular complexity index is 1200. The van der Waals surface area contributed by atoms with E-state index in [1.807, 2.05) is 6.07 Å². The summed E-state index contributed by atoms with van der Waals surface area (Å²) in [5, 5.41) is 4.78. The molecule has 3 aromatic rings. The van der Waals surface area contributed by atoms with Gasteiger partial charge in [0, 0.05) is 18.7 Å². The first-order valence-electron chi connectivity index (χ1n) is 10.5. The van der Waals surface area contributed by atoms with Crippen molar-refractivity contribution in [2.45, 2.75) is 12.6 Å². The van der Waals surface area contributed by atoms with E-state index in [0.29, 0.717) is 34.9 Å². The summed E-state index contributed by atoms with van der Waals surface area (Å²) in [7, 11) is 1.54. The van der Waals surface area contributed by atoms with Crippen molar-refractivity contribution in [1.82, 2.24) is 15.5 Å². The molecule has 0 fully saturated rings. The van der Waals surface area contributed by atoms with E-state index in [4.69, 9.17) is 9.47 Å². The summed E-state index contributed by atoms with van der Waals surface area (Å²) in [5.74, 6) is 1.05. The zero-order valence-electron chi connectivity index (χ0n) is 18.3. The summed E-state index contributed by atoms with van der Waals surface area (Å²) in [6.07, 6.45) is 0.287. The van der Waals surface area contributed by atoms with Crippen LogP contribution in [0.5, 0.6) is 17.2 Å². The lowest BCUT2D eigenvalue weighted by Crippen LogP contribution is -2.42. The van der Waals surface area contributed by atoms with Gasteiger partial charge in [0.05, 0.1) is 13.2 Å². The number of imide groups is 1. The van der Waals surface area contributed by atoms with Crippen molar-refractivity contribution in [3.8, 4) is 17.2 Å². The van der Waals surface area contributed by atoms with Crippen molar-refractivity contribution in [2.75, 3.05) is 13.7 Å². The Morgan fingerprint density at radius 3 is 2.35 bits per heavy atom. The van der Waals surface area contributed by atoms with Crippen LogP contribution in [0.1, 0.15) is 27.5 Å². The van der Waals surface area contributed by atoms with E-state index in [1.165, 1.54) is 31.4 Å². The van der Waals surface area contributed by atoms with Crippen molar-refractivity contribution in [3.05, 3.63) is 89.2 Å². The second kappa shape index (κ2) is 10.0. The lowest BCUT2D eigenvalue weighted by atomic mass is 10.1. The fraction of sp³-hybridized carbons (Fsp3) is 0.160. The molecule has 0 radical (unpaired) electrons. The van der Waals surface area contributed by atoms with Crippen molar-refractivity contribution in [3.63, 3.8) is 0 Å². The molecule has 2 N–H and O–H groups in total. The molecule has 1 heterocycles. The van der Waals surface area contributed by atoms with Gasteiger partial charge >= 0.3 is 6.03 Å². The number of nitrogens with zero attached hydrogens (tertiary/aromatic N) is 1. The minimum absolute atomic E-state index is 0.173. The number of amides is 4. The fourth-order valence-corrected chi connectivity index (χ4v) is 3.73. The number of carbonyl (C=O) groups is 3. The molecule has 4 rings (SSSR count). The second-order valence-electron chi connectivity index (χ2n) is 7.62. The predicted octanol–water partition coefficient (Wildman–Crippen LogP) is 3.78. The number of rotatable bonds is 8. The molecule has 0 saturated carbocycles. The van der Waals surface area contributed by atoms with Crippen molar-refractivity contribution in [1.29, 1.82) is 0 Å². The Hall–Kier alpha value is -4.40. The molecule has 8 nitrogen and oxygen atoms in total. The van der Waals surface area contributed by atoms with Gasteiger partial charge in [-0.05, 0) is 59.7 Å². The van der Waals surface area contributed by atoms with Gasteiger partial charge in [0.25, 0.3) is 5.91 Å². The average Bonchev–Trinajstić information content (AvgIpc) is 3.15. The van der Waals surface area contributed by atoms with E-state index >= 15 is 0 Å². The third-order valence-electron chi connectivity index (χ3n) is 5.43. The van der Waals surface area contributed by atoms with Crippen LogP contribution in [-0.2, 0) is 11.3 Å². The van der Waals surface area contributed by atoms with Crippen LogP contribution in [-0.4, -0.2) is 36.9 Å². The van der Waals surface area contributed by atoms with Crippen LogP contribution >= 0.6 is 0 Å². The van der Waals surface area contributed by atoms with E-state index in [2.05, 4.69) is 10.6 Å². The molecule has 1 aliphatic rings. The fourth-order valence-electron chi connectivity index (χ4n) is 3.73. The molecule has 174 valence electrons. The summed E-state index contributed by atoms with van der Waals surface area (Å²) in [4.78, 5) is 37.4. The molecule has 0 spiro atoms. The molecular weight excluding hydrogens is 441 g/mol. The zero-order valence-corrected chi connectivity index (χ0v) is 18.3. The highest BCUT2D eigenvalue weighted by atomic mass is 19.1. The molecule has 4 amide bonds. The quantitative estimate of drug-likeness (QED) is 0.496. The Morgan fingerprint density at radius 1 is 1.06 bits per heavy atom. The van der Waals surface area contributed by atoms with Gasteiger partial charge in [-0.2, -0.15) is 0 Å². The molecule has 1 atom stereocenters. The highest BCUT2D eigenvalue weighted by Gasteiger charge is 2.30. The molecule has 0 bridgehead atoms. The normalized spacial score (nSPS) is 13.1. The van der Waals surface area contributed by atoms with Crippen LogP contribution in [0.15, 0.2) is 66.7 Å². The lowest BCUT2D eigenvalue weighted by Gasteiger charge is -2.25. The molecular formula is C25H22FN3O5. The second-order valence-corrected chi connectivity index (χ2v) is 7.62. The number of halogens is 1. The monoisotopic (exact) mass is 463 g/mol. The first-order chi connectivity index (χ1) is 16.5. The van der Waals surface area contributed by atoms with Gasteiger partial charge < -0.3 is 19.7 Å². The molecule has 0 unspecified atom stereocenters. The van der Waals surface area contributed by atoms with Gasteiger partial charge in [-0.25, -0.2) is 9.18 Å². The third kappa shape index (κ3) is 5.15. The summed E-state index contributed by atoms with van der Waals surface area (Å²) in [6.45, 7) is 0.567. The van der Waals surface area contributed by atoms with Crippen LogP contribution in [0.3, 0.4) is 0 Å². The number of nitrogens with one attached hydrogen (secondary N) is 2. The van der Waals surface area contributed by atoms with Gasteiger partial charge in [-0.15, -0.1) is 0 Å². The van der Waals surface area contributed by atoms with Crippen LogP contribution in [0.2, 0.25) is 0 Å². The minimum atomic E-state index is -0.683. The van der Waals surface area contributed by atoms with Gasteiger partial charge in [-0.1, -0.05) is 18.2 Å². The maximum atomic E-state index is 13.1. The van der Waals surface area contributed by atoms with E-state index in [1.54, 1.807) is 41.3 Å². The summed E-state index contributed by atoms with van der Waals surface area (Å²) < 4.78 is 24.0. The van der Waals surface area contributed by atoms with E-state index in [-0.39, 0.29) is 24.7 Å². The van der Waals surface area contributed by atoms with Crippen molar-refractivity contribution in [2.24, 2.45) is 0 Å². The Balaban J connectivity index is 1.51. The first kappa shape index (κ1) is 22.8. The molecule has 0 aliphatic carbocycles. The van der Waals surface area contributed by atoms with Gasteiger partial charge in [-0.3, -0.25) is 14.9 Å². The van der Waals surface area contributed by atoms with Crippen LogP contribution < -0.4 is 20.1 Å². The van der Waals surface area contributed by atoms with E-state index in [0.717, 1.165) is 5.56 Å². The number of methoxy groups -OCH3 is 1. The average molecular weight is 463 g/mol. The number of urea groups is 1. The third-order valence-corrected chi connectivity index (χ3v) is 5.43. The number of hydrogen-bond acceptors (Lipinski definition) is 5. The van der Waals surface area contributed by atoms with Gasteiger partial charge in [0.1, 0.15) is 23.1 Å². The maximum absolute atomic E-state index is 13.1. The summed E-state index contributed by atoms with van der Waals surface area (Å²) >= 11 is 0. The van der Waals surface area contributed by atoms with E-state index in [9.17, 15) is 18.8 Å². The van der Waals surface area contributed by atoms with Crippen LogP contribution in [0.25, 0.3) is 0 Å². The largest absolute Gasteiger partial charge is 0.497 e. The molecule has 3 aromatic carbocycles. The highest BCUT2D eigenvalue weighted by molar-refractivity contribution is 5.98. The van der Waals surface area contributed by atoms with Crippen molar-refractivity contribution < 1.29 is 28.2 Å². The van der Waals surface area contributed by atoms with Gasteiger partial charge in [0.15, 0.2) is 0 Å². The maximum Gasteiger partial charge on any atom is 0.321 e. The lowest BCUT2D eigenvalue weighted by molar-refractivity contribution is -0.108. The minimum Gasteiger partial charge on any atom is -0.497 e. The predicted molar refractivity (Wildman–Crippen MR) is 121 cm³/mol. The van der Waals surface area contributed by atoms with Gasteiger partial charge in [0.2, 0.25) is 6.41 Å². The first-order valence-corrected chi connectivity index (χ1v) is 10.5. The number of fused-ring (bicyclic) bond motifs is 1. The molecule has 1 aliphatic heterocycles. The Kier molecular flexibility index (Phi) is 6.72. The highest BCUT2D eigenvalue weighted by Crippen LogP contribution is 2.29. The van der Waals surface area contributed by atoms with Crippen molar-refractivity contribution >= 4 is 18.3 Å². The SMILES string of the molecule is COc1ccc2c(c1)C(=O)N(C[C@H](NC(=O)NC=O)c1ccc(Oc3ccc(F)cc3)cc1)C2. The zero-order chi connectivity index (χ0) is 24.1. The standard InChI is InChI=1S/C25H22FN3O5/c1-33-21-9-4-17-13-29(24(31)22(17)12-21)14-23(28-25(32)27-15-30)16-2-7-19(8-3-16)34-20-10-5-18(26)6-11-20/h2-12,15,23H,13-14H2,1H3,(H2,27,28,30,32)/t23-/m0/s1. The number of hydrogen-bond donors (Lipinski definition) is 2.